The van der Waals surface area contributed by atoms with E-state index in [0.717, 1.165) is 91.7 Å². The van der Waals surface area contributed by atoms with E-state index in [0.29, 0.717) is 59.8 Å². The van der Waals surface area contributed by atoms with Gasteiger partial charge in [0.15, 0.2) is 0 Å². The lowest BCUT2D eigenvalue weighted by Gasteiger charge is -2.34. The number of aromatic nitrogens is 2. The van der Waals surface area contributed by atoms with Crippen LogP contribution >= 0.6 is 0 Å². The molecule has 16 nitrogen and oxygen atoms in total. The van der Waals surface area contributed by atoms with Crippen LogP contribution in [0.3, 0.4) is 0 Å². The first-order valence-electron chi connectivity index (χ1n) is 26.8. The van der Waals surface area contributed by atoms with Crippen molar-refractivity contribution < 1.29 is 33.6 Å². The summed E-state index contributed by atoms with van der Waals surface area (Å²) >= 11 is 0. The molecule has 5 aromatic rings. The van der Waals surface area contributed by atoms with Crippen molar-refractivity contribution in [1.82, 2.24) is 34.9 Å². The first-order chi connectivity index (χ1) is 36.5. The number of piperazine rings is 1. The minimum absolute atomic E-state index is 0.000682. The Bertz CT molecular complexity index is 3060. The molecule has 0 bridgehead atoms. The second-order valence-electron chi connectivity index (χ2n) is 21.4. The monoisotopic (exact) mass is 1030 g/mol. The van der Waals surface area contributed by atoms with Gasteiger partial charge in [0.25, 0.3) is 29.2 Å². The molecular formula is C60H70N8O8. The molecule has 1 aromatic heterocycles. The number of benzene rings is 4. The maximum absolute atomic E-state index is 13.6. The van der Waals surface area contributed by atoms with Crippen molar-refractivity contribution in [2.75, 3.05) is 44.6 Å². The number of hydrogen-bond acceptors (Lipinski definition) is 10. The van der Waals surface area contributed by atoms with E-state index in [2.05, 4.69) is 41.6 Å². The predicted octanol–water partition coefficient (Wildman–Crippen LogP) is 7.54. The first-order valence-corrected chi connectivity index (χ1v) is 26.8. The molecule has 4 aromatic carbocycles. The van der Waals surface area contributed by atoms with Crippen LogP contribution in [0.25, 0.3) is 11.3 Å². The molecule has 76 heavy (non-hydrogen) atoms. The van der Waals surface area contributed by atoms with Gasteiger partial charge in [0.2, 0.25) is 17.7 Å². The molecule has 2 fully saturated rings. The topological polar surface area (TPSA) is 200 Å². The van der Waals surface area contributed by atoms with Crippen LogP contribution in [-0.2, 0) is 39.7 Å². The van der Waals surface area contributed by atoms with E-state index >= 15 is 0 Å². The Balaban J connectivity index is 0.701. The highest BCUT2D eigenvalue weighted by Crippen LogP contribution is 2.32. The second-order valence-corrected chi connectivity index (χ2v) is 21.4. The number of nitrogens with zero attached hydrogens (tertiary/aromatic N) is 5. The Hall–Kier alpha value is -7.59. The van der Waals surface area contributed by atoms with E-state index in [1.54, 1.807) is 31.4 Å². The van der Waals surface area contributed by atoms with E-state index in [9.17, 15) is 38.4 Å². The van der Waals surface area contributed by atoms with Crippen LogP contribution in [0.5, 0.6) is 0 Å². The van der Waals surface area contributed by atoms with Crippen LogP contribution < -0.4 is 21.5 Å². The molecule has 3 aliphatic heterocycles. The van der Waals surface area contributed by atoms with Gasteiger partial charge in [-0.25, -0.2) is 4.98 Å². The average molecular weight is 1030 g/mol. The van der Waals surface area contributed by atoms with Crippen LogP contribution in [0.4, 0.5) is 5.69 Å². The number of hydrogen-bond donors (Lipinski definition) is 3. The van der Waals surface area contributed by atoms with Gasteiger partial charge in [-0.1, -0.05) is 101 Å². The lowest BCUT2D eigenvalue weighted by atomic mass is 9.86. The fourth-order valence-corrected chi connectivity index (χ4v) is 10.3. The summed E-state index contributed by atoms with van der Waals surface area (Å²) in [5, 5.41) is 8.24. The largest absolute Gasteiger partial charge is 0.356 e. The summed E-state index contributed by atoms with van der Waals surface area (Å²) in [6.45, 7) is 12.9. The molecule has 0 saturated carbocycles. The summed E-state index contributed by atoms with van der Waals surface area (Å²) in [6, 6.07) is 24.7. The van der Waals surface area contributed by atoms with E-state index in [4.69, 9.17) is 4.98 Å². The van der Waals surface area contributed by atoms with Gasteiger partial charge in [0.05, 0.1) is 16.8 Å². The average Bonchev–Trinajstić information content (AvgIpc) is 3.68. The van der Waals surface area contributed by atoms with Crippen LogP contribution in [-0.4, -0.2) is 111 Å². The van der Waals surface area contributed by atoms with Gasteiger partial charge in [0, 0.05) is 87.6 Å². The zero-order chi connectivity index (χ0) is 54.1. The third-order valence-electron chi connectivity index (χ3n) is 14.9. The smallest absolute Gasteiger partial charge is 0.272 e. The van der Waals surface area contributed by atoms with Crippen molar-refractivity contribution in [3.63, 3.8) is 0 Å². The van der Waals surface area contributed by atoms with Crippen molar-refractivity contribution in [3.05, 3.63) is 152 Å². The number of piperidine rings is 1. The minimum Gasteiger partial charge on any atom is -0.356 e. The van der Waals surface area contributed by atoms with Crippen molar-refractivity contribution >= 4 is 47.0 Å². The fraction of sp³-hybridized carbons (Fsp3) is 0.417. The van der Waals surface area contributed by atoms with Gasteiger partial charge in [-0.3, -0.25) is 53.5 Å². The zero-order valence-corrected chi connectivity index (χ0v) is 44.5. The maximum atomic E-state index is 13.6. The minimum atomic E-state index is -1.03. The third kappa shape index (κ3) is 13.1. The van der Waals surface area contributed by atoms with Gasteiger partial charge in [-0.15, -0.1) is 0 Å². The number of rotatable bonds is 20. The number of fused-ring (bicyclic) bond motifs is 1. The van der Waals surface area contributed by atoms with Gasteiger partial charge in [-0.05, 0) is 103 Å². The van der Waals surface area contributed by atoms with Crippen molar-refractivity contribution in [2.45, 2.75) is 116 Å². The number of anilines is 1. The van der Waals surface area contributed by atoms with Crippen LogP contribution in [0.2, 0.25) is 0 Å². The summed E-state index contributed by atoms with van der Waals surface area (Å²) in [4.78, 5) is 113. The molecule has 1 unspecified atom stereocenters. The number of imide groups is 2. The first kappa shape index (κ1) is 54.7. The molecule has 3 N–H and O–H groups in total. The Labute approximate surface area is 444 Å². The highest BCUT2D eigenvalue weighted by Gasteiger charge is 2.45. The third-order valence-corrected chi connectivity index (χ3v) is 14.9. The summed E-state index contributed by atoms with van der Waals surface area (Å²) < 4.78 is 1.54. The van der Waals surface area contributed by atoms with Gasteiger partial charge < -0.3 is 20.1 Å². The summed E-state index contributed by atoms with van der Waals surface area (Å²) in [7, 11) is 1.71. The number of amides is 7. The Morgan fingerprint density at radius 3 is 2.11 bits per heavy atom. The lowest BCUT2D eigenvalue weighted by molar-refractivity contribution is -0.136. The SMILES string of the molecule is Cc1c(NC(=O)c2ccc(C(C)(C)C)cc2)cccc1-c1cn(C)c(=O)c(Cc2ccc(C(=O)N3CCN(CCCCCCCCCNC(=O)CCc4cccc5c4C(=O)N(C4CCC(=O)NC4=O)C5=O)CC3)cc2)n1. The molecule has 3 aliphatic rings. The molecule has 0 radical (unpaired) electrons. The molecule has 1 atom stereocenters. The summed E-state index contributed by atoms with van der Waals surface area (Å²) in [5.41, 5.74) is 7.31. The molecule has 8 rings (SSSR count). The maximum Gasteiger partial charge on any atom is 0.272 e. The van der Waals surface area contributed by atoms with Crippen LogP contribution in [0.1, 0.15) is 154 Å². The molecule has 4 heterocycles. The van der Waals surface area contributed by atoms with Gasteiger partial charge in [-0.2, -0.15) is 0 Å². The van der Waals surface area contributed by atoms with E-state index < -0.39 is 29.7 Å². The Morgan fingerprint density at radius 2 is 1.41 bits per heavy atom. The number of carbonyl (C=O) groups is 7. The van der Waals surface area contributed by atoms with Crippen molar-refractivity contribution in [2.24, 2.45) is 7.05 Å². The van der Waals surface area contributed by atoms with Crippen LogP contribution in [0, 0.1) is 6.92 Å². The number of aryl methyl sites for hydroxylation is 2. The summed E-state index contributed by atoms with van der Waals surface area (Å²) in [6.07, 6.45) is 10.1. The number of unbranched alkanes of at least 4 members (excludes halogenated alkanes) is 6. The van der Waals surface area contributed by atoms with E-state index in [-0.39, 0.29) is 65.5 Å². The quantitative estimate of drug-likeness (QED) is 0.0517. The normalized spacial score (nSPS) is 15.9. The molecule has 2 saturated heterocycles. The lowest BCUT2D eigenvalue weighted by Crippen LogP contribution is -2.54. The van der Waals surface area contributed by atoms with Crippen LogP contribution in [0.15, 0.2) is 95.9 Å². The van der Waals surface area contributed by atoms with E-state index in [1.807, 2.05) is 78.6 Å². The standard InChI is InChI=1S/C60H70N8O8/c1-39-45(16-14-18-47(39)63-54(71)42-23-26-44(27-24-42)60(2,3)4)49-38-65(5)58(75)48(62-49)37-40-19-21-43(22-20-40)56(73)67-35-33-66(34-36-67)32-12-10-8-6-7-9-11-31-61-51(69)29-25-41-15-13-17-46-53(41)59(76)68(57(46)74)50-28-30-52(70)64-55(50)72/h13-24,26-27,38,50H,6-12,25,28-37H2,1-5H3,(H,61,69)(H,63,71)(H,64,70,72). The highest BCUT2D eigenvalue weighted by atomic mass is 16.2. The predicted molar refractivity (Wildman–Crippen MR) is 291 cm³/mol. The van der Waals surface area contributed by atoms with Gasteiger partial charge >= 0.3 is 0 Å². The molecule has 0 aliphatic carbocycles. The number of carbonyl (C=O) groups excluding carboxylic acids is 7. The molecule has 0 spiro atoms. The fourth-order valence-electron chi connectivity index (χ4n) is 10.3. The highest BCUT2D eigenvalue weighted by molar-refractivity contribution is 6.24. The molecule has 16 heteroatoms. The number of nitrogens with one attached hydrogen (secondary N) is 3. The zero-order valence-electron chi connectivity index (χ0n) is 44.5. The summed E-state index contributed by atoms with van der Waals surface area (Å²) in [5.74, 6) is -2.54. The second kappa shape index (κ2) is 24.4. The van der Waals surface area contributed by atoms with Crippen molar-refractivity contribution in [3.8, 4) is 11.3 Å². The van der Waals surface area contributed by atoms with Crippen molar-refractivity contribution in [1.29, 1.82) is 0 Å². The molecular weight excluding hydrogens is 961 g/mol. The van der Waals surface area contributed by atoms with E-state index in [1.165, 1.54) is 4.57 Å². The Morgan fingerprint density at radius 1 is 0.750 bits per heavy atom. The molecule has 7 amide bonds. The van der Waals surface area contributed by atoms with Gasteiger partial charge in [0.1, 0.15) is 11.7 Å². The molecule has 398 valence electrons. The Kier molecular flexibility index (Phi) is 17.5.